The van der Waals surface area contributed by atoms with Gasteiger partial charge < -0.3 is 5.32 Å². The lowest BCUT2D eigenvalue weighted by Gasteiger charge is -2.12. The minimum Gasteiger partial charge on any atom is -0.324 e. The minimum absolute atomic E-state index is 0.0256. The summed E-state index contributed by atoms with van der Waals surface area (Å²) in [5, 5.41) is 3.37. The number of benzene rings is 1. The molecule has 82 valence electrons. The molecule has 0 atom stereocenters. The first kappa shape index (κ1) is 12.5. The lowest BCUT2D eigenvalue weighted by molar-refractivity contribution is -0.118. The van der Waals surface area contributed by atoms with E-state index in [0.717, 1.165) is 10.0 Å². The number of hydrogen-bond acceptors (Lipinski definition) is 1. The Labute approximate surface area is 103 Å². The zero-order chi connectivity index (χ0) is 11.6. The summed E-state index contributed by atoms with van der Waals surface area (Å²) in [4.78, 5) is 11.5. The Bertz CT molecular complexity index is 367. The third-order valence-corrected chi connectivity index (χ3v) is 2.78. The summed E-state index contributed by atoms with van der Waals surface area (Å²) in [6, 6.07) is 3.69. The summed E-state index contributed by atoms with van der Waals surface area (Å²) in [5.41, 5.74) is 1.64. The van der Waals surface area contributed by atoms with Gasteiger partial charge in [0.2, 0.25) is 5.91 Å². The molecule has 0 aromatic heterocycles. The van der Waals surface area contributed by atoms with Gasteiger partial charge in [0.15, 0.2) is 0 Å². The van der Waals surface area contributed by atoms with Crippen molar-refractivity contribution in [2.45, 2.75) is 20.8 Å². The van der Waals surface area contributed by atoms with E-state index in [1.807, 2.05) is 26.8 Å². The topological polar surface area (TPSA) is 29.1 Å². The molecule has 1 N–H and O–H groups in total. The number of anilines is 1. The van der Waals surface area contributed by atoms with Crippen LogP contribution < -0.4 is 5.32 Å². The molecule has 1 aromatic carbocycles. The summed E-state index contributed by atoms with van der Waals surface area (Å²) in [6.45, 7) is 5.60. The third kappa shape index (κ3) is 3.21. The van der Waals surface area contributed by atoms with E-state index in [0.29, 0.717) is 10.7 Å². The second-order valence-corrected chi connectivity index (χ2v) is 5.05. The van der Waals surface area contributed by atoms with Crippen molar-refractivity contribution in [2.75, 3.05) is 5.32 Å². The van der Waals surface area contributed by atoms with Crippen molar-refractivity contribution in [3.63, 3.8) is 0 Å². The van der Waals surface area contributed by atoms with Gasteiger partial charge in [-0.3, -0.25) is 4.79 Å². The number of rotatable bonds is 2. The molecule has 15 heavy (non-hydrogen) atoms. The Hall–Kier alpha value is -0.540. The molecule has 0 aliphatic rings. The summed E-state index contributed by atoms with van der Waals surface area (Å²) in [5.74, 6) is -0.0774. The largest absolute Gasteiger partial charge is 0.324 e. The molecule has 0 saturated carbocycles. The zero-order valence-electron chi connectivity index (χ0n) is 8.90. The predicted octanol–water partition coefficient (Wildman–Crippen LogP) is 4.01. The molecule has 0 spiro atoms. The number of nitrogens with one attached hydrogen (secondary N) is 1. The highest BCUT2D eigenvalue weighted by Crippen LogP contribution is 2.30. The average Bonchev–Trinajstić information content (AvgIpc) is 2.10. The van der Waals surface area contributed by atoms with E-state index in [-0.39, 0.29) is 11.8 Å². The van der Waals surface area contributed by atoms with Crippen LogP contribution in [0.15, 0.2) is 16.6 Å². The fraction of sp³-hybridized carbons (Fsp3) is 0.364. The van der Waals surface area contributed by atoms with Gasteiger partial charge in [-0.05, 0) is 24.6 Å². The van der Waals surface area contributed by atoms with Gasteiger partial charge in [-0.2, -0.15) is 0 Å². The number of hydrogen-bond donors (Lipinski definition) is 1. The van der Waals surface area contributed by atoms with E-state index in [9.17, 15) is 4.79 Å². The normalized spacial score (nSPS) is 10.5. The van der Waals surface area contributed by atoms with Crippen molar-refractivity contribution in [2.24, 2.45) is 5.92 Å². The maximum Gasteiger partial charge on any atom is 0.226 e. The number of carbonyl (C=O) groups excluding carboxylic acids is 1. The molecule has 0 bridgehead atoms. The first-order chi connectivity index (χ1) is 6.91. The van der Waals surface area contributed by atoms with Gasteiger partial charge in [0.05, 0.1) is 10.7 Å². The SMILES string of the molecule is Cc1cc(Br)cc(Cl)c1NC(=O)C(C)C. The van der Waals surface area contributed by atoms with Crippen LogP contribution in [0.5, 0.6) is 0 Å². The molecule has 0 saturated heterocycles. The molecule has 2 nitrogen and oxygen atoms in total. The Kier molecular flexibility index (Phi) is 4.17. The van der Waals surface area contributed by atoms with E-state index < -0.39 is 0 Å². The van der Waals surface area contributed by atoms with Crippen LogP contribution in [0.4, 0.5) is 5.69 Å². The number of aryl methyl sites for hydroxylation is 1. The van der Waals surface area contributed by atoms with E-state index in [2.05, 4.69) is 21.2 Å². The van der Waals surface area contributed by atoms with Crippen LogP contribution in [0.25, 0.3) is 0 Å². The fourth-order valence-corrected chi connectivity index (χ4v) is 2.15. The van der Waals surface area contributed by atoms with E-state index in [1.165, 1.54) is 0 Å². The van der Waals surface area contributed by atoms with E-state index in [1.54, 1.807) is 6.07 Å². The van der Waals surface area contributed by atoms with Gasteiger partial charge in [-0.15, -0.1) is 0 Å². The maximum absolute atomic E-state index is 11.5. The average molecular weight is 291 g/mol. The lowest BCUT2D eigenvalue weighted by atomic mass is 10.1. The van der Waals surface area contributed by atoms with Crippen LogP contribution in [-0.2, 0) is 4.79 Å². The molecule has 0 aliphatic heterocycles. The summed E-state index contributed by atoms with van der Waals surface area (Å²) >= 11 is 9.38. The fourth-order valence-electron chi connectivity index (χ4n) is 1.13. The highest BCUT2D eigenvalue weighted by atomic mass is 79.9. The number of halogens is 2. The van der Waals surface area contributed by atoms with Gasteiger partial charge in [0.25, 0.3) is 0 Å². The molecule has 0 fully saturated rings. The van der Waals surface area contributed by atoms with Crippen molar-refractivity contribution >= 4 is 39.1 Å². The van der Waals surface area contributed by atoms with Crippen molar-refractivity contribution in [1.82, 2.24) is 0 Å². The van der Waals surface area contributed by atoms with Crippen LogP contribution >= 0.6 is 27.5 Å². The molecular formula is C11H13BrClNO. The molecule has 4 heteroatoms. The Balaban J connectivity index is 3.00. The first-order valence-electron chi connectivity index (χ1n) is 4.68. The van der Waals surface area contributed by atoms with Crippen molar-refractivity contribution in [1.29, 1.82) is 0 Å². The molecule has 0 aliphatic carbocycles. The van der Waals surface area contributed by atoms with Crippen molar-refractivity contribution < 1.29 is 4.79 Å². The molecule has 0 unspecified atom stereocenters. The summed E-state index contributed by atoms with van der Waals surface area (Å²) in [6.07, 6.45) is 0. The molecule has 0 heterocycles. The lowest BCUT2D eigenvalue weighted by Crippen LogP contribution is -2.18. The zero-order valence-corrected chi connectivity index (χ0v) is 11.2. The maximum atomic E-state index is 11.5. The standard InChI is InChI=1S/C11H13BrClNO/c1-6(2)11(15)14-10-7(3)4-8(12)5-9(10)13/h4-6H,1-3H3,(H,14,15). The summed E-state index contributed by atoms with van der Waals surface area (Å²) < 4.78 is 0.910. The Morgan fingerprint density at radius 1 is 1.47 bits per heavy atom. The quantitative estimate of drug-likeness (QED) is 0.876. The van der Waals surface area contributed by atoms with Gasteiger partial charge in [0, 0.05) is 10.4 Å². The molecule has 1 rings (SSSR count). The number of amides is 1. The minimum atomic E-state index is -0.0517. The van der Waals surface area contributed by atoms with E-state index >= 15 is 0 Å². The predicted molar refractivity (Wildman–Crippen MR) is 67.4 cm³/mol. The molecular weight excluding hydrogens is 277 g/mol. The Morgan fingerprint density at radius 2 is 2.07 bits per heavy atom. The number of carbonyl (C=O) groups is 1. The first-order valence-corrected chi connectivity index (χ1v) is 5.85. The molecule has 1 amide bonds. The van der Waals surface area contributed by atoms with Gasteiger partial charge >= 0.3 is 0 Å². The van der Waals surface area contributed by atoms with Crippen LogP contribution in [-0.4, -0.2) is 5.91 Å². The third-order valence-electron chi connectivity index (χ3n) is 2.02. The second-order valence-electron chi connectivity index (χ2n) is 3.72. The molecule has 1 aromatic rings. The van der Waals surface area contributed by atoms with Crippen molar-refractivity contribution in [3.8, 4) is 0 Å². The Morgan fingerprint density at radius 3 is 2.53 bits per heavy atom. The van der Waals surface area contributed by atoms with Gasteiger partial charge in [0.1, 0.15) is 0 Å². The highest BCUT2D eigenvalue weighted by molar-refractivity contribution is 9.10. The summed E-state index contributed by atoms with van der Waals surface area (Å²) in [7, 11) is 0. The monoisotopic (exact) mass is 289 g/mol. The van der Waals surface area contributed by atoms with Crippen LogP contribution in [0.1, 0.15) is 19.4 Å². The van der Waals surface area contributed by atoms with Crippen LogP contribution in [0.2, 0.25) is 5.02 Å². The van der Waals surface area contributed by atoms with Crippen molar-refractivity contribution in [3.05, 3.63) is 27.2 Å². The van der Waals surface area contributed by atoms with E-state index in [4.69, 9.17) is 11.6 Å². The smallest absolute Gasteiger partial charge is 0.226 e. The highest BCUT2D eigenvalue weighted by Gasteiger charge is 2.12. The van der Waals surface area contributed by atoms with Crippen LogP contribution in [0.3, 0.4) is 0 Å². The second kappa shape index (κ2) is 4.99. The molecule has 0 radical (unpaired) electrons. The van der Waals surface area contributed by atoms with Gasteiger partial charge in [-0.25, -0.2) is 0 Å². The van der Waals surface area contributed by atoms with Gasteiger partial charge in [-0.1, -0.05) is 41.4 Å². The van der Waals surface area contributed by atoms with Crippen LogP contribution in [0, 0.1) is 12.8 Å².